The summed E-state index contributed by atoms with van der Waals surface area (Å²) in [5, 5.41) is 9.02. The molecule has 0 aromatic carbocycles. The number of amides is 2. The van der Waals surface area contributed by atoms with E-state index in [0.29, 0.717) is 19.5 Å². The molecule has 0 radical (unpaired) electrons. The minimum Gasteiger partial charge on any atom is -0.480 e. The lowest BCUT2D eigenvalue weighted by Crippen LogP contribution is -2.43. The monoisotopic (exact) mass is 366 g/mol. The van der Waals surface area contributed by atoms with Crippen molar-refractivity contribution in [3.8, 4) is 0 Å². The number of hydrogen-bond acceptors (Lipinski definition) is 4. The molecule has 0 spiro atoms. The van der Waals surface area contributed by atoms with Crippen LogP contribution in [-0.4, -0.2) is 58.4 Å². The third-order valence-corrected chi connectivity index (χ3v) is 6.06. The van der Waals surface area contributed by atoms with Gasteiger partial charge in [0.1, 0.15) is 6.54 Å². The van der Waals surface area contributed by atoms with Gasteiger partial charge < -0.3 is 14.9 Å². The van der Waals surface area contributed by atoms with Crippen molar-refractivity contribution in [1.82, 2.24) is 9.80 Å². The van der Waals surface area contributed by atoms with E-state index in [1.807, 2.05) is 17.9 Å². The number of aliphatic carboxylic acids is 1. The summed E-state index contributed by atoms with van der Waals surface area (Å²) in [6, 6.07) is 1.84. The van der Waals surface area contributed by atoms with Crippen LogP contribution < -0.4 is 0 Å². The van der Waals surface area contributed by atoms with Gasteiger partial charge in [-0.1, -0.05) is 6.92 Å². The quantitative estimate of drug-likeness (QED) is 0.869. The van der Waals surface area contributed by atoms with Crippen LogP contribution in [0.4, 0.5) is 0 Å². The van der Waals surface area contributed by atoms with E-state index in [9.17, 15) is 14.4 Å². The fourth-order valence-corrected chi connectivity index (χ4v) is 4.45. The van der Waals surface area contributed by atoms with E-state index in [1.165, 1.54) is 16.7 Å². The largest absolute Gasteiger partial charge is 0.480 e. The zero-order chi connectivity index (χ0) is 18.6. The van der Waals surface area contributed by atoms with Crippen molar-refractivity contribution in [1.29, 1.82) is 0 Å². The number of nitrogens with zero attached hydrogens (tertiary/aromatic N) is 2. The van der Waals surface area contributed by atoms with Crippen LogP contribution in [0.2, 0.25) is 0 Å². The van der Waals surface area contributed by atoms with E-state index in [0.717, 1.165) is 29.7 Å². The first-order chi connectivity index (χ1) is 11.8. The van der Waals surface area contributed by atoms with Crippen LogP contribution in [-0.2, 0) is 16.0 Å². The zero-order valence-electron chi connectivity index (χ0n) is 15.1. The molecule has 138 valence electrons. The highest BCUT2D eigenvalue weighted by atomic mass is 32.1. The van der Waals surface area contributed by atoms with Gasteiger partial charge in [0.15, 0.2) is 0 Å². The van der Waals surface area contributed by atoms with Crippen LogP contribution in [0, 0.1) is 6.92 Å². The number of carboxylic acids is 1. The maximum Gasteiger partial charge on any atom is 0.323 e. The molecule has 1 aliphatic heterocycles. The molecule has 6 nitrogen and oxygen atoms in total. The van der Waals surface area contributed by atoms with Gasteiger partial charge in [-0.25, -0.2) is 0 Å². The number of carbonyl (C=O) groups is 3. The van der Waals surface area contributed by atoms with Crippen molar-refractivity contribution in [2.45, 2.75) is 52.5 Å². The first kappa shape index (κ1) is 19.4. The Hall–Kier alpha value is -1.89. The number of thiophene rings is 1. The molecule has 2 heterocycles. The average Bonchev–Trinajstić information content (AvgIpc) is 2.78. The Morgan fingerprint density at radius 2 is 2.04 bits per heavy atom. The molecular formula is C18H26N2O4S. The third kappa shape index (κ3) is 4.81. The number of aryl methyl sites for hydroxylation is 2. The summed E-state index contributed by atoms with van der Waals surface area (Å²) in [5.41, 5.74) is 1.16. The summed E-state index contributed by atoms with van der Waals surface area (Å²) < 4.78 is 0. The molecule has 0 bridgehead atoms. The SMILES string of the molecule is CCc1sc(C(=O)N2CCCC(N(CC(=O)O)C(C)=O)CC2)cc1C. The second-order valence-corrected chi connectivity index (χ2v) is 7.62. The summed E-state index contributed by atoms with van der Waals surface area (Å²) in [6.45, 7) is 6.43. The molecule has 1 aliphatic rings. The first-order valence-corrected chi connectivity index (χ1v) is 9.52. The van der Waals surface area contributed by atoms with Gasteiger partial charge >= 0.3 is 5.97 Å². The number of rotatable bonds is 5. The lowest BCUT2D eigenvalue weighted by Gasteiger charge is -2.28. The smallest absolute Gasteiger partial charge is 0.323 e. The minimum atomic E-state index is -1.01. The van der Waals surface area contributed by atoms with E-state index < -0.39 is 5.97 Å². The standard InChI is InChI=1S/C18H26N2O4S/c1-4-15-12(2)10-16(25-15)18(24)19-8-5-6-14(7-9-19)20(13(3)21)11-17(22)23/h10,14H,4-9,11H2,1-3H3,(H,22,23). The van der Waals surface area contributed by atoms with Crippen molar-refractivity contribution in [3.63, 3.8) is 0 Å². The topological polar surface area (TPSA) is 77.9 Å². The van der Waals surface area contributed by atoms with Crippen LogP contribution in [0.5, 0.6) is 0 Å². The highest BCUT2D eigenvalue weighted by Crippen LogP contribution is 2.25. The van der Waals surface area contributed by atoms with Gasteiger partial charge in [0, 0.05) is 30.9 Å². The minimum absolute atomic E-state index is 0.0426. The maximum atomic E-state index is 12.8. The Morgan fingerprint density at radius 1 is 1.32 bits per heavy atom. The second-order valence-electron chi connectivity index (χ2n) is 6.49. The third-order valence-electron chi connectivity index (χ3n) is 4.69. The van der Waals surface area contributed by atoms with Gasteiger partial charge in [0.2, 0.25) is 5.91 Å². The predicted molar refractivity (Wildman–Crippen MR) is 97.0 cm³/mol. The Balaban J connectivity index is 2.05. The van der Waals surface area contributed by atoms with Crippen molar-refractivity contribution >= 4 is 29.1 Å². The first-order valence-electron chi connectivity index (χ1n) is 8.71. The van der Waals surface area contributed by atoms with Gasteiger partial charge in [0.25, 0.3) is 5.91 Å². The molecule has 1 atom stereocenters. The van der Waals surface area contributed by atoms with E-state index in [4.69, 9.17) is 5.11 Å². The van der Waals surface area contributed by atoms with Crippen LogP contribution in [0.15, 0.2) is 6.07 Å². The number of hydrogen-bond donors (Lipinski definition) is 1. The lowest BCUT2D eigenvalue weighted by molar-refractivity contribution is -0.145. The number of likely N-dealkylation sites (tertiary alicyclic amines) is 1. The highest BCUT2D eigenvalue weighted by molar-refractivity contribution is 7.14. The molecule has 7 heteroatoms. The van der Waals surface area contributed by atoms with Crippen LogP contribution in [0.25, 0.3) is 0 Å². The Kier molecular flexibility index (Phi) is 6.58. The Labute approximate surface area is 152 Å². The normalized spacial score (nSPS) is 17.9. The van der Waals surface area contributed by atoms with E-state index in [1.54, 1.807) is 11.3 Å². The van der Waals surface area contributed by atoms with Gasteiger partial charge in [-0.3, -0.25) is 14.4 Å². The van der Waals surface area contributed by atoms with Gasteiger partial charge in [-0.15, -0.1) is 11.3 Å². The van der Waals surface area contributed by atoms with Gasteiger partial charge in [0.05, 0.1) is 4.88 Å². The molecule has 1 saturated heterocycles. The van der Waals surface area contributed by atoms with Crippen molar-refractivity contribution in [3.05, 3.63) is 21.4 Å². The fraction of sp³-hybridized carbons (Fsp3) is 0.611. The van der Waals surface area contributed by atoms with Crippen LogP contribution >= 0.6 is 11.3 Å². The van der Waals surface area contributed by atoms with Gasteiger partial charge in [-0.05, 0) is 44.2 Å². The van der Waals surface area contributed by atoms with Crippen LogP contribution in [0.3, 0.4) is 0 Å². The van der Waals surface area contributed by atoms with Crippen molar-refractivity contribution < 1.29 is 19.5 Å². The predicted octanol–water partition coefficient (Wildman–Crippen LogP) is 2.55. The van der Waals surface area contributed by atoms with Crippen molar-refractivity contribution in [2.24, 2.45) is 0 Å². The molecule has 1 unspecified atom stereocenters. The molecular weight excluding hydrogens is 340 g/mol. The molecule has 25 heavy (non-hydrogen) atoms. The highest BCUT2D eigenvalue weighted by Gasteiger charge is 2.28. The number of carbonyl (C=O) groups excluding carboxylic acids is 2. The molecule has 1 aromatic rings. The lowest BCUT2D eigenvalue weighted by atomic mass is 10.1. The Morgan fingerprint density at radius 3 is 2.60 bits per heavy atom. The molecule has 1 N–H and O–H groups in total. The fourth-order valence-electron chi connectivity index (χ4n) is 3.37. The van der Waals surface area contributed by atoms with E-state index >= 15 is 0 Å². The summed E-state index contributed by atoms with van der Waals surface area (Å²) in [6.07, 6.45) is 3.03. The molecule has 1 aromatic heterocycles. The summed E-state index contributed by atoms with van der Waals surface area (Å²) >= 11 is 1.56. The molecule has 2 rings (SSSR count). The molecule has 1 fully saturated rings. The van der Waals surface area contributed by atoms with Crippen molar-refractivity contribution in [2.75, 3.05) is 19.6 Å². The summed E-state index contributed by atoms with van der Waals surface area (Å²) in [5.74, 6) is -1.19. The van der Waals surface area contributed by atoms with E-state index in [-0.39, 0.29) is 24.4 Å². The van der Waals surface area contributed by atoms with E-state index in [2.05, 4.69) is 6.92 Å². The van der Waals surface area contributed by atoms with Gasteiger partial charge in [-0.2, -0.15) is 0 Å². The Bertz CT molecular complexity index is 656. The summed E-state index contributed by atoms with van der Waals surface area (Å²) in [7, 11) is 0. The average molecular weight is 366 g/mol. The molecule has 0 aliphatic carbocycles. The molecule has 0 saturated carbocycles. The molecule has 2 amide bonds. The summed E-state index contributed by atoms with van der Waals surface area (Å²) in [4.78, 5) is 40.8. The second kappa shape index (κ2) is 8.47. The maximum absolute atomic E-state index is 12.8. The number of carboxylic acid groups (broad SMARTS) is 1. The zero-order valence-corrected chi connectivity index (χ0v) is 15.9. The van der Waals surface area contributed by atoms with Crippen LogP contribution in [0.1, 0.15) is 53.2 Å².